The van der Waals surface area contributed by atoms with E-state index in [0.29, 0.717) is 28.7 Å². The van der Waals surface area contributed by atoms with Crippen LogP contribution in [0.2, 0.25) is 0 Å². The fourth-order valence-corrected chi connectivity index (χ4v) is 3.68. The average molecular weight is 336 g/mol. The second-order valence-electron chi connectivity index (χ2n) is 5.90. The summed E-state index contributed by atoms with van der Waals surface area (Å²) < 4.78 is 10.6. The van der Waals surface area contributed by atoms with Crippen LogP contribution in [-0.4, -0.2) is 59.2 Å². The minimum absolute atomic E-state index is 0.0147. The Morgan fingerprint density at radius 2 is 2.04 bits per heavy atom. The summed E-state index contributed by atoms with van der Waals surface area (Å²) in [6.07, 6.45) is 0. The first-order chi connectivity index (χ1) is 11.0. The van der Waals surface area contributed by atoms with Crippen molar-refractivity contribution in [3.63, 3.8) is 0 Å². The van der Waals surface area contributed by atoms with E-state index < -0.39 is 6.04 Å². The number of hydrogen-bond acceptors (Lipinski definition) is 5. The Hall–Kier alpha value is -1.89. The lowest BCUT2D eigenvalue weighted by atomic mass is 10.1. The molecule has 2 amide bonds. The molecule has 1 saturated heterocycles. The average Bonchev–Trinajstić information content (AvgIpc) is 3.20. The SMILES string of the molecule is CC(C)N(C)C(=O)[C@@H]1CSCN1C(=O)c1ccc2c(c1)OCO2. The molecule has 6 nitrogen and oxygen atoms in total. The van der Waals surface area contributed by atoms with Crippen LogP contribution in [0.3, 0.4) is 0 Å². The van der Waals surface area contributed by atoms with E-state index in [4.69, 9.17) is 9.47 Å². The van der Waals surface area contributed by atoms with Crippen molar-refractivity contribution >= 4 is 23.6 Å². The molecule has 1 aromatic rings. The first-order valence-corrected chi connectivity index (χ1v) is 8.69. The molecule has 1 fully saturated rings. The molecule has 0 spiro atoms. The van der Waals surface area contributed by atoms with Crippen LogP contribution in [0.5, 0.6) is 11.5 Å². The normalized spacial score (nSPS) is 19.3. The number of hydrogen-bond donors (Lipinski definition) is 0. The van der Waals surface area contributed by atoms with Crippen LogP contribution in [0.25, 0.3) is 0 Å². The number of nitrogens with zero attached hydrogens (tertiary/aromatic N) is 2. The molecule has 2 heterocycles. The Morgan fingerprint density at radius 3 is 2.78 bits per heavy atom. The zero-order valence-corrected chi connectivity index (χ0v) is 14.3. The molecule has 0 saturated carbocycles. The number of carbonyl (C=O) groups excluding carboxylic acids is 2. The van der Waals surface area contributed by atoms with Crippen LogP contribution >= 0.6 is 11.8 Å². The lowest BCUT2D eigenvalue weighted by Gasteiger charge is -2.29. The quantitative estimate of drug-likeness (QED) is 0.842. The lowest BCUT2D eigenvalue weighted by Crippen LogP contribution is -2.49. The Balaban J connectivity index is 1.79. The first-order valence-electron chi connectivity index (χ1n) is 7.54. The Kier molecular flexibility index (Phi) is 4.39. The van der Waals surface area contributed by atoms with Gasteiger partial charge in [-0.2, -0.15) is 0 Å². The van der Waals surface area contributed by atoms with Gasteiger partial charge in [0.05, 0.1) is 5.88 Å². The van der Waals surface area contributed by atoms with E-state index in [-0.39, 0.29) is 24.6 Å². The second kappa shape index (κ2) is 6.31. The van der Waals surface area contributed by atoms with Gasteiger partial charge >= 0.3 is 0 Å². The third kappa shape index (κ3) is 2.97. The highest BCUT2D eigenvalue weighted by molar-refractivity contribution is 7.99. The molecule has 0 unspecified atom stereocenters. The molecule has 3 rings (SSSR count). The maximum Gasteiger partial charge on any atom is 0.255 e. The summed E-state index contributed by atoms with van der Waals surface area (Å²) >= 11 is 1.60. The van der Waals surface area contributed by atoms with E-state index in [2.05, 4.69) is 0 Å². The monoisotopic (exact) mass is 336 g/mol. The summed E-state index contributed by atoms with van der Waals surface area (Å²) in [5, 5.41) is 0. The zero-order valence-electron chi connectivity index (χ0n) is 13.4. The summed E-state index contributed by atoms with van der Waals surface area (Å²) in [5.74, 6) is 2.21. The van der Waals surface area contributed by atoms with Gasteiger partial charge in [-0.25, -0.2) is 0 Å². The molecule has 23 heavy (non-hydrogen) atoms. The standard InChI is InChI=1S/C16H20N2O4S/c1-10(2)17(3)16(20)12-7-23-8-18(12)15(19)11-4-5-13-14(6-11)22-9-21-13/h4-6,10,12H,7-9H2,1-3H3/t12-/m0/s1. The number of rotatable bonds is 3. The lowest BCUT2D eigenvalue weighted by molar-refractivity contribution is -0.135. The molecule has 0 radical (unpaired) electrons. The van der Waals surface area contributed by atoms with Crippen molar-refractivity contribution in [3.05, 3.63) is 23.8 Å². The third-order valence-electron chi connectivity index (χ3n) is 4.17. The number of amides is 2. The summed E-state index contributed by atoms with van der Waals surface area (Å²) in [4.78, 5) is 28.7. The van der Waals surface area contributed by atoms with Gasteiger partial charge in [-0.15, -0.1) is 11.8 Å². The van der Waals surface area contributed by atoms with Crippen LogP contribution < -0.4 is 9.47 Å². The molecule has 1 atom stereocenters. The molecule has 0 bridgehead atoms. The van der Waals surface area contributed by atoms with E-state index in [1.165, 1.54) is 0 Å². The highest BCUT2D eigenvalue weighted by Crippen LogP contribution is 2.34. The van der Waals surface area contributed by atoms with E-state index >= 15 is 0 Å². The fourth-order valence-electron chi connectivity index (χ4n) is 2.53. The molecule has 2 aliphatic heterocycles. The molecule has 0 aliphatic carbocycles. The van der Waals surface area contributed by atoms with E-state index in [1.807, 2.05) is 13.8 Å². The van der Waals surface area contributed by atoms with Crippen molar-refractivity contribution in [1.29, 1.82) is 0 Å². The molecular formula is C16H20N2O4S. The van der Waals surface area contributed by atoms with Gasteiger partial charge < -0.3 is 19.3 Å². The fraction of sp³-hybridized carbons (Fsp3) is 0.500. The highest BCUT2D eigenvalue weighted by Gasteiger charge is 2.37. The number of thioether (sulfide) groups is 1. The van der Waals surface area contributed by atoms with Gasteiger partial charge in [-0.05, 0) is 32.0 Å². The largest absolute Gasteiger partial charge is 0.454 e. The Morgan fingerprint density at radius 1 is 1.30 bits per heavy atom. The van der Waals surface area contributed by atoms with Crippen LogP contribution in [-0.2, 0) is 4.79 Å². The number of fused-ring (bicyclic) bond motifs is 1. The summed E-state index contributed by atoms with van der Waals surface area (Å²) in [6.45, 7) is 4.10. The number of carbonyl (C=O) groups is 2. The van der Waals surface area contributed by atoms with Gasteiger partial charge in [-0.3, -0.25) is 9.59 Å². The van der Waals surface area contributed by atoms with Gasteiger partial charge in [0.2, 0.25) is 12.7 Å². The smallest absolute Gasteiger partial charge is 0.255 e. The van der Waals surface area contributed by atoms with Crippen molar-refractivity contribution < 1.29 is 19.1 Å². The maximum atomic E-state index is 12.8. The molecular weight excluding hydrogens is 316 g/mol. The van der Waals surface area contributed by atoms with Crippen molar-refractivity contribution in [3.8, 4) is 11.5 Å². The Labute approximate surface area is 139 Å². The molecule has 7 heteroatoms. The summed E-state index contributed by atoms with van der Waals surface area (Å²) in [7, 11) is 1.78. The predicted molar refractivity (Wildman–Crippen MR) is 87.8 cm³/mol. The van der Waals surface area contributed by atoms with Crippen LogP contribution in [0, 0.1) is 0 Å². The Bertz CT molecular complexity index is 635. The van der Waals surface area contributed by atoms with Crippen molar-refractivity contribution in [1.82, 2.24) is 9.80 Å². The number of ether oxygens (including phenoxy) is 2. The molecule has 2 aliphatic rings. The van der Waals surface area contributed by atoms with Crippen LogP contribution in [0.15, 0.2) is 18.2 Å². The van der Waals surface area contributed by atoms with Crippen LogP contribution in [0.4, 0.5) is 0 Å². The van der Waals surface area contributed by atoms with E-state index in [0.717, 1.165) is 0 Å². The number of benzene rings is 1. The van der Waals surface area contributed by atoms with Gasteiger partial charge in [-0.1, -0.05) is 0 Å². The highest BCUT2D eigenvalue weighted by atomic mass is 32.2. The van der Waals surface area contributed by atoms with E-state index in [1.54, 1.807) is 46.8 Å². The third-order valence-corrected chi connectivity index (χ3v) is 5.18. The first kappa shape index (κ1) is 16.0. The molecule has 0 N–H and O–H groups in total. The van der Waals surface area contributed by atoms with E-state index in [9.17, 15) is 9.59 Å². The van der Waals surface area contributed by atoms with Gasteiger partial charge in [0.1, 0.15) is 6.04 Å². The maximum absolute atomic E-state index is 12.8. The van der Waals surface area contributed by atoms with Gasteiger partial charge in [0, 0.05) is 24.4 Å². The van der Waals surface area contributed by atoms with Crippen LogP contribution in [0.1, 0.15) is 24.2 Å². The number of likely N-dealkylation sites (N-methyl/N-ethyl adjacent to an activating group) is 1. The summed E-state index contributed by atoms with van der Waals surface area (Å²) in [5.41, 5.74) is 0.516. The van der Waals surface area contributed by atoms with Crippen molar-refractivity contribution in [2.24, 2.45) is 0 Å². The van der Waals surface area contributed by atoms with Crippen molar-refractivity contribution in [2.45, 2.75) is 25.9 Å². The second-order valence-corrected chi connectivity index (χ2v) is 6.90. The minimum Gasteiger partial charge on any atom is -0.454 e. The molecule has 0 aromatic heterocycles. The molecule has 1 aromatic carbocycles. The van der Waals surface area contributed by atoms with Gasteiger partial charge in [0.25, 0.3) is 5.91 Å². The minimum atomic E-state index is -0.412. The van der Waals surface area contributed by atoms with Crippen molar-refractivity contribution in [2.75, 3.05) is 25.5 Å². The van der Waals surface area contributed by atoms with Gasteiger partial charge in [0.15, 0.2) is 11.5 Å². The summed E-state index contributed by atoms with van der Waals surface area (Å²) in [6, 6.07) is 4.82. The zero-order chi connectivity index (χ0) is 16.6. The molecule has 124 valence electrons. The topological polar surface area (TPSA) is 59.1 Å². The predicted octanol–water partition coefficient (Wildman–Crippen LogP) is 1.80.